The van der Waals surface area contributed by atoms with Crippen molar-refractivity contribution in [2.75, 3.05) is 38.4 Å². The molecule has 2 aliphatic heterocycles. The highest BCUT2D eigenvalue weighted by Crippen LogP contribution is 2.35. The van der Waals surface area contributed by atoms with E-state index in [9.17, 15) is 14.0 Å². The Labute approximate surface area is 131 Å². The molecule has 1 aromatic rings. The van der Waals surface area contributed by atoms with E-state index in [1.807, 2.05) is 0 Å². The van der Waals surface area contributed by atoms with Crippen LogP contribution in [0.1, 0.15) is 0 Å². The van der Waals surface area contributed by atoms with Gasteiger partial charge in [-0.05, 0) is 12.1 Å². The number of carbonyl (C=O) groups is 2. The average molecular weight is 325 g/mol. The van der Waals surface area contributed by atoms with Gasteiger partial charge in [-0.1, -0.05) is 0 Å². The van der Waals surface area contributed by atoms with Crippen molar-refractivity contribution in [1.29, 1.82) is 0 Å². The molecular formula is C15H16FNO6. The molecule has 2 heterocycles. The molecule has 8 heteroatoms. The van der Waals surface area contributed by atoms with Gasteiger partial charge in [-0.3, -0.25) is 4.79 Å². The highest BCUT2D eigenvalue weighted by atomic mass is 19.1. The number of hydrogen-bond acceptors (Lipinski definition) is 6. The number of carbonyl (C=O) groups excluding carboxylic acids is 2. The van der Waals surface area contributed by atoms with Crippen LogP contribution in [0.15, 0.2) is 18.2 Å². The molecule has 1 saturated heterocycles. The van der Waals surface area contributed by atoms with Gasteiger partial charge in [-0.15, -0.1) is 0 Å². The summed E-state index contributed by atoms with van der Waals surface area (Å²) in [5.41, 5.74) is 0.380. The molecule has 0 bridgehead atoms. The third-order valence-corrected chi connectivity index (χ3v) is 3.65. The standard InChI is InChI=1S/C15H16FNO6/c1-20-15(19)12-7-17(14(18)13-8-21-4-5-22-13)10-3-2-9(16)6-11(10)23-12/h2-3,6,12-13H,4-5,7-8H2,1H3. The summed E-state index contributed by atoms with van der Waals surface area (Å²) >= 11 is 0. The number of halogens is 1. The lowest BCUT2D eigenvalue weighted by molar-refractivity contribution is -0.150. The fourth-order valence-corrected chi connectivity index (χ4v) is 2.53. The van der Waals surface area contributed by atoms with Gasteiger partial charge < -0.3 is 23.8 Å². The summed E-state index contributed by atoms with van der Waals surface area (Å²) in [5.74, 6) is -1.43. The predicted molar refractivity (Wildman–Crippen MR) is 75.7 cm³/mol. The maximum Gasteiger partial charge on any atom is 0.348 e. The number of methoxy groups -OCH3 is 1. The van der Waals surface area contributed by atoms with E-state index in [-0.39, 0.29) is 24.8 Å². The Kier molecular flexibility index (Phi) is 4.44. The number of hydrogen-bond donors (Lipinski definition) is 0. The molecule has 2 atom stereocenters. The van der Waals surface area contributed by atoms with Crippen LogP contribution in [0, 0.1) is 5.82 Å². The average Bonchev–Trinajstić information content (AvgIpc) is 2.59. The van der Waals surface area contributed by atoms with Crippen LogP contribution in [-0.2, 0) is 23.8 Å². The summed E-state index contributed by atoms with van der Waals surface area (Å²) in [6.45, 7) is 0.844. The minimum absolute atomic E-state index is 0.0377. The fourth-order valence-electron chi connectivity index (χ4n) is 2.53. The van der Waals surface area contributed by atoms with Crippen LogP contribution < -0.4 is 9.64 Å². The second-order valence-corrected chi connectivity index (χ2v) is 5.12. The number of fused-ring (bicyclic) bond motifs is 1. The van der Waals surface area contributed by atoms with E-state index < -0.39 is 24.0 Å². The maximum absolute atomic E-state index is 13.4. The quantitative estimate of drug-likeness (QED) is 0.738. The van der Waals surface area contributed by atoms with E-state index in [1.54, 1.807) is 0 Å². The molecule has 23 heavy (non-hydrogen) atoms. The molecule has 0 radical (unpaired) electrons. The van der Waals surface area contributed by atoms with Crippen LogP contribution in [0.4, 0.5) is 10.1 Å². The molecule has 1 fully saturated rings. The Hall–Kier alpha value is -2.19. The SMILES string of the molecule is COC(=O)C1CN(C(=O)C2COCCO2)c2ccc(F)cc2O1. The fraction of sp³-hybridized carbons (Fsp3) is 0.467. The first kappa shape index (κ1) is 15.7. The van der Waals surface area contributed by atoms with E-state index in [0.717, 1.165) is 6.07 Å². The van der Waals surface area contributed by atoms with Gasteiger partial charge in [-0.2, -0.15) is 0 Å². The van der Waals surface area contributed by atoms with Gasteiger partial charge in [0.1, 0.15) is 11.6 Å². The van der Waals surface area contributed by atoms with Gasteiger partial charge in [0.15, 0.2) is 6.10 Å². The van der Waals surface area contributed by atoms with E-state index in [4.69, 9.17) is 14.2 Å². The van der Waals surface area contributed by atoms with Crippen LogP contribution in [0.25, 0.3) is 0 Å². The lowest BCUT2D eigenvalue weighted by Gasteiger charge is -2.36. The van der Waals surface area contributed by atoms with E-state index in [0.29, 0.717) is 18.9 Å². The zero-order chi connectivity index (χ0) is 16.4. The highest BCUT2D eigenvalue weighted by molar-refractivity contribution is 5.99. The lowest BCUT2D eigenvalue weighted by atomic mass is 10.1. The van der Waals surface area contributed by atoms with Crippen LogP contribution in [0.2, 0.25) is 0 Å². The smallest absolute Gasteiger partial charge is 0.348 e. The topological polar surface area (TPSA) is 74.3 Å². The summed E-state index contributed by atoms with van der Waals surface area (Å²) < 4.78 is 34.2. The van der Waals surface area contributed by atoms with E-state index in [1.165, 1.54) is 24.1 Å². The number of ether oxygens (including phenoxy) is 4. The number of nitrogens with zero attached hydrogens (tertiary/aromatic N) is 1. The van der Waals surface area contributed by atoms with Crippen LogP contribution >= 0.6 is 0 Å². The molecule has 0 aromatic heterocycles. The number of benzene rings is 1. The monoisotopic (exact) mass is 325 g/mol. The lowest BCUT2D eigenvalue weighted by Crippen LogP contribution is -2.52. The van der Waals surface area contributed by atoms with Gasteiger partial charge in [0.2, 0.25) is 6.10 Å². The Morgan fingerprint density at radius 2 is 2.13 bits per heavy atom. The van der Waals surface area contributed by atoms with Crippen LogP contribution in [0.5, 0.6) is 5.75 Å². The van der Waals surface area contributed by atoms with Crippen molar-refractivity contribution >= 4 is 17.6 Å². The molecule has 3 rings (SSSR count). The van der Waals surface area contributed by atoms with E-state index in [2.05, 4.69) is 4.74 Å². The summed E-state index contributed by atoms with van der Waals surface area (Å²) in [5, 5.41) is 0. The van der Waals surface area contributed by atoms with Gasteiger partial charge in [0.05, 0.1) is 39.2 Å². The number of amides is 1. The van der Waals surface area contributed by atoms with Gasteiger partial charge in [0.25, 0.3) is 5.91 Å². The molecule has 7 nitrogen and oxygen atoms in total. The Morgan fingerprint density at radius 3 is 2.83 bits per heavy atom. The second-order valence-electron chi connectivity index (χ2n) is 5.12. The molecule has 1 amide bonds. The first-order chi connectivity index (χ1) is 11.1. The predicted octanol–water partition coefficient (Wildman–Crippen LogP) is 0.508. The van der Waals surface area contributed by atoms with Crippen molar-refractivity contribution in [2.24, 2.45) is 0 Å². The Bertz CT molecular complexity index is 616. The zero-order valence-electron chi connectivity index (χ0n) is 12.5. The van der Waals surface area contributed by atoms with Gasteiger partial charge >= 0.3 is 5.97 Å². The first-order valence-electron chi connectivity index (χ1n) is 7.15. The van der Waals surface area contributed by atoms with Crippen molar-refractivity contribution in [2.45, 2.75) is 12.2 Å². The van der Waals surface area contributed by atoms with Gasteiger partial charge in [0, 0.05) is 6.07 Å². The van der Waals surface area contributed by atoms with Crippen molar-refractivity contribution in [3.63, 3.8) is 0 Å². The molecule has 0 spiro atoms. The third-order valence-electron chi connectivity index (χ3n) is 3.65. The minimum Gasteiger partial charge on any atom is -0.475 e. The normalized spacial score (nSPS) is 23.7. The summed E-state index contributed by atoms with van der Waals surface area (Å²) in [6.07, 6.45) is -1.79. The molecule has 2 aliphatic rings. The van der Waals surface area contributed by atoms with Gasteiger partial charge in [-0.25, -0.2) is 9.18 Å². The minimum atomic E-state index is -1.03. The summed E-state index contributed by atoms with van der Waals surface area (Å²) in [4.78, 5) is 25.8. The molecular weight excluding hydrogens is 309 g/mol. The van der Waals surface area contributed by atoms with Crippen molar-refractivity contribution in [3.05, 3.63) is 24.0 Å². The molecule has 1 aromatic carbocycles. The first-order valence-corrected chi connectivity index (χ1v) is 7.15. The summed E-state index contributed by atoms with van der Waals surface area (Å²) in [6, 6.07) is 3.78. The molecule has 0 N–H and O–H groups in total. The number of anilines is 1. The zero-order valence-corrected chi connectivity index (χ0v) is 12.5. The van der Waals surface area contributed by atoms with Crippen LogP contribution in [0.3, 0.4) is 0 Å². The maximum atomic E-state index is 13.4. The molecule has 124 valence electrons. The summed E-state index contributed by atoms with van der Waals surface area (Å²) in [7, 11) is 1.22. The number of rotatable bonds is 2. The molecule has 2 unspecified atom stereocenters. The largest absolute Gasteiger partial charge is 0.475 e. The van der Waals surface area contributed by atoms with Crippen molar-refractivity contribution < 1.29 is 32.9 Å². The van der Waals surface area contributed by atoms with Crippen molar-refractivity contribution in [3.8, 4) is 5.75 Å². The highest BCUT2D eigenvalue weighted by Gasteiger charge is 2.38. The molecule has 0 aliphatic carbocycles. The van der Waals surface area contributed by atoms with Crippen molar-refractivity contribution in [1.82, 2.24) is 0 Å². The molecule has 0 saturated carbocycles. The third kappa shape index (κ3) is 3.13. The van der Waals surface area contributed by atoms with E-state index >= 15 is 0 Å². The number of esters is 1. The second kappa shape index (κ2) is 6.51. The Morgan fingerprint density at radius 1 is 1.30 bits per heavy atom. The van der Waals surface area contributed by atoms with Crippen LogP contribution in [-0.4, -0.2) is 57.6 Å². The Balaban J connectivity index is 1.91.